The van der Waals surface area contributed by atoms with E-state index < -0.39 is 5.91 Å². The summed E-state index contributed by atoms with van der Waals surface area (Å²) in [6, 6.07) is -0.221. The molecule has 0 rings (SSSR count). The smallest absolute Gasteiger partial charge is 0.314 e. The molecular formula is C12H25N3O2. The van der Waals surface area contributed by atoms with Gasteiger partial charge in [0.15, 0.2) is 0 Å². The zero-order chi connectivity index (χ0) is 13.1. The highest BCUT2D eigenvalue weighted by Gasteiger charge is 2.07. The van der Waals surface area contributed by atoms with E-state index in [1.54, 1.807) is 0 Å². The van der Waals surface area contributed by atoms with Gasteiger partial charge in [0.05, 0.1) is 0 Å². The van der Waals surface area contributed by atoms with Gasteiger partial charge in [0.1, 0.15) is 0 Å². The number of rotatable bonds is 9. The summed E-state index contributed by atoms with van der Waals surface area (Å²) in [7, 11) is 0. The molecule has 0 radical (unpaired) electrons. The number of unbranched alkanes of at least 4 members (excludes halogenated alkanes) is 1. The third-order valence-electron chi connectivity index (χ3n) is 2.75. The van der Waals surface area contributed by atoms with Crippen LogP contribution in [0.4, 0.5) is 4.79 Å². The zero-order valence-electron chi connectivity index (χ0n) is 10.9. The molecule has 1 atom stereocenters. The quantitative estimate of drug-likeness (QED) is 0.571. The van der Waals surface area contributed by atoms with E-state index in [0.717, 1.165) is 12.8 Å². The standard InChI is InChI=1S/C12H25N3O2/c1-3-5-6-10(4-2)9-15-12(17)14-8-7-11(13)16/h10H,3-9H2,1-2H3,(H2,13,16)(H2,14,15,17). The van der Waals surface area contributed by atoms with Crippen molar-refractivity contribution >= 4 is 11.9 Å². The highest BCUT2D eigenvalue weighted by Crippen LogP contribution is 2.10. The first kappa shape index (κ1) is 15.7. The van der Waals surface area contributed by atoms with Gasteiger partial charge in [0.2, 0.25) is 5.91 Å². The minimum Gasteiger partial charge on any atom is -0.370 e. The SMILES string of the molecule is CCCCC(CC)CNC(=O)NCCC(N)=O. The Hall–Kier alpha value is -1.26. The molecule has 0 aromatic heterocycles. The maximum absolute atomic E-state index is 11.3. The van der Waals surface area contributed by atoms with E-state index in [4.69, 9.17) is 5.73 Å². The van der Waals surface area contributed by atoms with Crippen molar-refractivity contribution in [1.82, 2.24) is 10.6 Å². The van der Waals surface area contributed by atoms with E-state index in [1.807, 2.05) is 0 Å². The van der Waals surface area contributed by atoms with Gasteiger partial charge in [-0.2, -0.15) is 0 Å². The second kappa shape index (κ2) is 9.93. The average Bonchev–Trinajstić information content (AvgIpc) is 2.29. The molecule has 1 unspecified atom stereocenters. The van der Waals surface area contributed by atoms with Crippen LogP contribution in [0.25, 0.3) is 0 Å². The molecule has 0 spiro atoms. The van der Waals surface area contributed by atoms with Gasteiger partial charge < -0.3 is 16.4 Å². The van der Waals surface area contributed by atoms with E-state index in [1.165, 1.54) is 12.8 Å². The van der Waals surface area contributed by atoms with Crippen LogP contribution >= 0.6 is 0 Å². The second-order valence-electron chi connectivity index (χ2n) is 4.27. The summed E-state index contributed by atoms with van der Waals surface area (Å²) < 4.78 is 0. The first-order valence-corrected chi connectivity index (χ1v) is 6.40. The average molecular weight is 243 g/mol. The van der Waals surface area contributed by atoms with E-state index in [-0.39, 0.29) is 12.5 Å². The van der Waals surface area contributed by atoms with Gasteiger partial charge in [0.25, 0.3) is 0 Å². The molecule has 0 fully saturated rings. The minimum absolute atomic E-state index is 0.181. The lowest BCUT2D eigenvalue weighted by atomic mass is 9.99. The Bertz CT molecular complexity index is 232. The molecule has 0 aromatic rings. The fourth-order valence-electron chi connectivity index (χ4n) is 1.54. The summed E-state index contributed by atoms with van der Waals surface area (Å²) in [6.07, 6.45) is 4.78. The number of carbonyl (C=O) groups is 2. The van der Waals surface area contributed by atoms with Crippen LogP contribution in [0.1, 0.15) is 46.0 Å². The number of nitrogens with one attached hydrogen (secondary N) is 2. The summed E-state index contributed by atoms with van der Waals surface area (Å²) in [5.74, 6) is 0.136. The largest absolute Gasteiger partial charge is 0.370 e. The van der Waals surface area contributed by atoms with Gasteiger partial charge >= 0.3 is 6.03 Å². The Morgan fingerprint density at radius 3 is 2.47 bits per heavy atom. The lowest BCUT2D eigenvalue weighted by molar-refractivity contribution is -0.117. The Labute approximate surface area is 104 Å². The number of carbonyl (C=O) groups excluding carboxylic acids is 2. The number of nitrogens with two attached hydrogens (primary N) is 1. The van der Waals surface area contributed by atoms with Crippen molar-refractivity contribution in [3.8, 4) is 0 Å². The van der Waals surface area contributed by atoms with Crippen molar-refractivity contribution in [3.05, 3.63) is 0 Å². The van der Waals surface area contributed by atoms with Crippen LogP contribution in [0.5, 0.6) is 0 Å². The summed E-state index contributed by atoms with van der Waals surface area (Å²) in [4.78, 5) is 21.8. The van der Waals surface area contributed by atoms with Gasteiger partial charge in [-0.15, -0.1) is 0 Å². The fourth-order valence-corrected chi connectivity index (χ4v) is 1.54. The topological polar surface area (TPSA) is 84.2 Å². The van der Waals surface area contributed by atoms with Crippen LogP contribution in [0.2, 0.25) is 0 Å². The second-order valence-corrected chi connectivity index (χ2v) is 4.27. The summed E-state index contributed by atoms with van der Waals surface area (Å²) in [6.45, 7) is 5.29. The molecule has 0 aliphatic carbocycles. The lowest BCUT2D eigenvalue weighted by Crippen LogP contribution is -2.39. The third kappa shape index (κ3) is 9.66. The summed E-state index contributed by atoms with van der Waals surface area (Å²) >= 11 is 0. The molecule has 0 bridgehead atoms. The third-order valence-corrected chi connectivity index (χ3v) is 2.75. The first-order chi connectivity index (χ1) is 8.10. The summed E-state index contributed by atoms with van der Waals surface area (Å²) in [5, 5.41) is 5.41. The van der Waals surface area contributed by atoms with Gasteiger partial charge in [-0.1, -0.05) is 33.1 Å². The van der Waals surface area contributed by atoms with Crippen molar-refractivity contribution in [2.24, 2.45) is 11.7 Å². The zero-order valence-corrected chi connectivity index (χ0v) is 10.9. The molecule has 0 saturated heterocycles. The van der Waals surface area contributed by atoms with E-state index in [0.29, 0.717) is 19.0 Å². The molecule has 0 aromatic carbocycles. The summed E-state index contributed by atoms with van der Waals surface area (Å²) in [5.41, 5.74) is 4.97. The Morgan fingerprint density at radius 2 is 1.94 bits per heavy atom. The van der Waals surface area contributed by atoms with Crippen LogP contribution in [-0.2, 0) is 4.79 Å². The van der Waals surface area contributed by atoms with Crippen molar-refractivity contribution < 1.29 is 9.59 Å². The fraction of sp³-hybridized carbons (Fsp3) is 0.833. The van der Waals surface area contributed by atoms with Crippen molar-refractivity contribution in [1.29, 1.82) is 0 Å². The highest BCUT2D eigenvalue weighted by molar-refractivity contribution is 5.76. The minimum atomic E-state index is -0.403. The normalized spacial score (nSPS) is 11.9. The Morgan fingerprint density at radius 1 is 1.24 bits per heavy atom. The molecule has 17 heavy (non-hydrogen) atoms. The maximum Gasteiger partial charge on any atom is 0.314 e. The molecule has 0 heterocycles. The molecule has 3 amide bonds. The molecule has 4 N–H and O–H groups in total. The molecule has 0 aliphatic rings. The monoisotopic (exact) mass is 243 g/mol. The maximum atomic E-state index is 11.3. The molecule has 5 heteroatoms. The van der Waals surface area contributed by atoms with Crippen LogP contribution in [0.15, 0.2) is 0 Å². The van der Waals surface area contributed by atoms with E-state index >= 15 is 0 Å². The van der Waals surface area contributed by atoms with Gasteiger partial charge in [-0.05, 0) is 12.3 Å². The molecule has 100 valence electrons. The van der Waals surface area contributed by atoms with E-state index in [2.05, 4.69) is 24.5 Å². The predicted octanol–water partition coefficient (Wildman–Crippen LogP) is 1.38. The number of amides is 3. The van der Waals surface area contributed by atoms with Crippen molar-refractivity contribution in [3.63, 3.8) is 0 Å². The van der Waals surface area contributed by atoms with Gasteiger partial charge in [0, 0.05) is 19.5 Å². The van der Waals surface area contributed by atoms with Crippen LogP contribution in [0, 0.1) is 5.92 Å². The van der Waals surface area contributed by atoms with Crippen LogP contribution < -0.4 is 16.4 Å². The lowest BCUT2D eigenvalue weighted by Gasteiger charge is -2.15. The van der Waals surface area contributed by atoms with E-state index in [9.17, 15) is 9.59 Å². The van der Waals surface area contributed by atoms with Crippen molar-refractivity contribution in [2.45, 2.75) is 46.0 Å². The van der Waals surface area contributed by atoms with Crippen molar-refractivity contribution in [2.75, 3.05) is 13.1 Å². The highest BCUT2D eigenvalue weighted by atomic mass is 16.2. The Balaban J connectivity index is 3.62. The number of hydrogen-bond acceptors (Lipinski definition) is 2. The molecular weight excluding hydrogens is 218 g/mol. The first-order valence-electron chi connectivity index (χ1n) is 6.40. The van der Waals surface area contributed by atoms with Gasteiger partial charge in [-0.25, -0.2) is 4.79 Å². The molecule has 5 nitrogen and oxygen atoms in total. The molecule has 0 aliphatic heterocycles. The Kier molecular flexibility index (Phi) is 9.19. The van der Waals surface area contributed by atoms with Crippen LogP contribution in [-0.4, -0.2) is 25.0 Å². The van der Waals surface area contributed by atoms with Gasteiger partial charge in [-0.3, -0.25) is 4.79 Å². The number of hydrogen-bond donors (Lipinski definition) is 3. The predicted molar refractivity (Wildman–Crippen MR) is 68.5 cm³/mol. The number of primary amides is 1. The molecule has 0 saturated carbocycles. The van der Waals surface area contributed by atoms with Crippen LogP contribution in [0.3, 0.4) is 0 Å². The number of urea groups is 1.